The van der Waals surface area contributed by atoms with Gasteiger partial charge in [-0.1, -0.05) is 17.7 Å². The number of fused-ring (bicyclic) bond motifs is 2. The fourth-order valence-electron chi connectivity index (χ4n) is 4.81. The molecule has 1 atom stereocenters. The molecule has 1 amide bonds. The predicted octanol–water partition coefficient (Wildman–Crippen LogP) is 3.00. The van der Waals surface area contributed by atoms with Gasteiger partial charge in [-0.25, -0.2) is 0 Å². The topological polar surface area (TPSA) is 81.5 Å². The van der Waals surface area contributed by atoms with Crippen LogP contribution < -0.4 is 14.9 Å². The molecule has 1 aromatic heterocycles. The van der Waals surface area contributed by atoms with Crippen molar-refractivity contribution < 1.29 is 23.4 Å². The van der Waals surface area contributed by atoms with Gasteiger partial charge in [0.25, 0.3) is 5.91 Å². The number of hydrogen-bond donors (Lipinski definition) is 0. The Balaban J connectivity index is 1.63. The number of hydrogen-bond acceptors (Lipinski definition) is 7. The molecular formula is C26H28N2O6. The number of aryl methyl sites for hydroxylation is 1. The summed E-state index contributed by atoms with van der Waals surface area (Å²) in [6.07, 6.45) is 0. The summed E-state index contributed by atoms with van der Waals surface area (Å²) in [6, 6.07) is 10.4. The normalized spacial score (nSPS) is 18.4. The van der Waals surface area contributed by atoms with Gasteiger partial charge < -0.3 is 23.5 Å². The van der Waals surface area contributed by atoms with E-state index >= 15 is 0 Å². The third-order valence-corrected chi connectivity index (χ3v) is 6.61. The highest BCUT2D eigenvalue weighted by Gasteiger charge is 2.43. The molecule has 5 rings (SSSR count). The minimum absolute atomic E-state index is 0.114. The van der Waals surface area contributed by atoms with Crippen molar-refractivity contribution in [2.45, 2.75) is 13.0 Å². The van der Waals surface area contributed by atoms with Crippen molar-refractivity contribution in [3.8, 4) is 11.5 Å². The molecule has 8 nitrogen and oxygen atoms in total. The van der Waals surface area contributed by atoms with E-state index in [2.05, 4.69) is 4.90 Å². The van der Waals surface area contributed by atoms with E-state index in [4.69, 9.17) is 18.6 Å². The smallest absolute Gasteiger partial charge is 0.290 e. The first-order valence-electron chi connectivity index (χ1n) is 11.4. The molecule has 0 aliphatic carbocycles. The maximum Gasteiger partial charge on any atom is 0.290 e. The Bertz CT molecular complexity index is 1290. The van der Waals surface area contributed by atoms with Gasteiger partial charge in [-0.3, -0.25) is 14.5 Å². The van der Waals surface area contributed by atoms with Crippen LogP contribution in [0.15, 0.2) is 45.6 Å². The molecule has 3 aromatic rings. The van der Waals surface area contributed by atoms with Crippen LogP contribution in [-0.4, -0.2) is 69.3 Å². The third-order valence-electron chi connectivity index (χ3n) is 6.61. The van der Waals surface area contributed by atoms with Crippen LogP contribution in [-0.2, 0) is 4.74 Å². The number of amides is 1. The highest BCUT2D eigenvalue weighted by atomic mass is 16.5. The van der Waals surface area contributed by atoms with Crippen LogP contribution in [0.25, 0.3) is 11.0 Å². The Labute approximate surface area is 197 Å². The van der Waals surface area contributed by atoms with Gasteiger partial charge in [-0.2, -0.15) is 0 Å². The summed E-state index contributed by atoms with van der Waals surface area (Å²) in [5.41, 5.74) is 2.34. The molecule has 8 heteroatoms. The minimum Gasteiger partial charge on any atom is -0.493 e. The highest BCUT2D eigenvalue weighted by Crippen LogP contribution is 2.40. The summed E-state index contributed by atoms with van der Waals surface area (Å²) in [4.78, 5) is 31.3. The maximum absolute atomic E-state index is 13.7. The molecule has 178 valence electrons. The fraction of sp³-hybridized carbons (Fsp3) is 0.385. The van der Waals surface area contributed by atoms with Crippen molar-refractivity contribution in [2.75, 3.05) is 53.6 Å². The molecule has 2 aliphatic heterocycles. The number of ether oxygens (including phenoxy) is 3. The van der Waals surface area contributed by atoms with Crippen LogP contribution in [0, 0.1) is 6.92 Å². The van der Waals surface area contributed by atoms with Gasteiger partial charge in [0.05, 0.1) is 44.4 Å². The molecule has 2 aromatic carbocycles. The average molecular weight is 465 g/mol. The van der Waals surface area contributed by atoms with E-state index in [9.17, 15) is 9.59 Å². The Morgan fingerprint density at radius 1 is 0.971 bits per heavy atom. The van der Waals surface area contributed by atoms with Crippen LogP contribution in [0.3, 0.4) is 0 Å². The molecule has 0 radical (unpaired) electrons. The summed E-state index contributed by atoms with van der Waals surface area (Å²) in [5, 5.41) is 0.479. The lowest BCUT2D eigenvalue weighted by atomic mass is 9.97. The van der Waals surface area contributed by atoms with E-state index in [-0.39, 0.29) is 17.1 Å². The van der Waals surface area contributed by atoms with Crippen LogP contribution in [0.1, 0.15) is 33.3 Å². The summed E-state index contributed by atoms with van der Waals surface area (Å²) in [5.74, 6) is 0.956. The second-order valence-electron chi connectivity index (χ2n) is 8.64. The second kappa shape index (κ2) is 9.12. The molecule has 1 unspecified atom stereocenters. The number of methoxy groups -OCH3 is 2. The molecule has 2 aliphatic rings. The molecule has 3 heterocycles. The van der Waals surface area contributed by atoms with Gasteiger partial charge >= 0.3 is 0 Å². The Hall–Kier alpha value is -3.36. The molecule has 0 saturated carbocycles. The molecule has 0 spiro atoms. The first-order chi connectivity index (χ1) is 16.5. The van der Waals surface area contributed by atoms with Gasteiger partial charge in [-0.15, -0.1) is 0 Å². The van der Waals surface area contributed by atoms with E-state index in [1.54, 1.807) is 31.3 Å². The molecule has 34 heavy (non-hydrogen) atoms. The summed E-state index contributed by atoms with van der Waals surface area (Å²) in [6.45, 7) is 6.05. The molecule has 0 N–H and O–H groups in total. The average Bonchev–Trinajstić information content (AvgIpc) is 3.15. The van der Waals surface area contributed by atoms with E-state index < -0.39 is 6.04 Å². The molecular weight excluding hydrogens is 436 g/mol. The Morgan fingerprint density at radius 2 is 1.74 bits per heavy atom. The van der Waals surface area contributed by atoms with Crippen LogP contribution >= 0.6 is 0 Å². The van der Waals surface area contributed by atoms with Crippen molar-refractivity contribution in [3.05, 3.63) is 69.1 Å². The van der Waals surface area contributed by atoms with E-state index in [0.717, 1.165) is 24.2 Å². The lowest BCUT2D eigenvalue weighted by Gasteiger charge is -2.31. The predicted molar refractivity (Wildman–Crippen MR) is 127 cm³/mol. The number of rotatable bonds is 6. The molecule has 1 saturated heterocycles. The standard InChI is InChI=1S/C26H28N2O6/c1-16-4-6-19-18(14-16)24(29)22-23(17-5-7-20(31-2)21(15-17)32-3)28(26(30)25(22)34-19)9-8-27-10-12-33-13-11-27/h4-7,14-15,23H,8-13H2,1-3H3. The van der Waals surface area contributed by atoms with Crippen LogP contribution in [0.2, 0.25) is 0 Å². The molecule has 1 fully saturated rings. The lowest BCUT2D eigenvalue weighted by Crippen LogP contribution is -2.42. The number of carbonyl (C=O) groups is 1. The number of nitrogens with zero attached hydrogens (tertiary/aromatic N) is 2. The number of carbonyl (C=O) groups excluding carboxylic acids is 1. The van der Waals surface area contributed by atoms with Gasteiger partial charge in [0.2, 0.25) is 5.76 Å². The highest BCUT2D eigenvalue weighted by molar-refractivity contribution is 5.99. The molecule has 0 bridgehead atoms. The second-order valence-corrected chi connectivity index (χ2v) is 8.64. The zero-order valence-corrected chi connectivity index (χ0v) is 19.6. The summed E-state index contributed by atoms with van der Waals surface area (Å²) in [7, 11) is 3.14. The summed E-state index contributed by atoms with van der Waals surface area (Å²) >= 11 is 0. The maximum atomic E-state index is 13.7. The quantitative estimate of drug-likeness (QED) is 0.555. The summed E-state index contributed by atoms with van der Waals surface area (Å²) < 4.78 is 22.4. The lowest BCUT2D eigenvalue weighted by molar-refractivity contribution is 0.0314. The zero-order chi connectivity index (χ0) is 23.8. The van der Waals surface area contributed by atoms with Crippen molar-refractivity contribution in [3.63, 3.8) is 0 Å². The van der Waals surface area contributed by atoms with Gasteiger partial charge in [0.15, 0.2) is 16.9 Å². The van der Waals surface area contributed by atoms with E-state index in [1.165, 1.54) is 0 Å². The van der Waals surface area contributed by atoms with Crippen LogP contribution in [0.4, 0.5) is 0 Å². The number of benzene rings is 2. The first-order valence-corrected chi connectivity index (χ1v) is 11.4. The van der Waals surface area contributed by atoms with Gasteiger partial charge in [-0.05, 0) is 36.8 Å². The van der Waals surface area contributed by atoms with Gasteiger partial charge in [0, 0.05) is 26.2 Å². The monoisotopic (exact) mass is 464 g/mol. The largest absolute Gasteiger partial charge is 0.493 e. The SMILES string of the molecule is COc1ccc(C2c3c(oc4ccc(C)cc4c3=O)C(=O)N2CCN2CCOCC2)cc1OC. The van der Waals surface area contributed by atoms with Crippen molar-refractivity contribution in [1.82, 2.24) is 9.80 Å². The fourth-order valence-corrected chi connectivity index (χ4v) is 4.81. The first kappa shape index (κ1) is 22.4. The van der Waals surface area contributed by atoms with E-state index in [0.29, 0.717) is 54.3 Å². The Kier molecular flexibility index (Phi) is 6.02. The van der Waals surface area contributed by atoms with E-state index in [1.807, 2.05) is 31.2 Å². The third kappa shape index (κ3) is 3.82. The minimum atomic E-state index is -0.579. The van der Waals surface area contributed by atoms with Crippen LogP contribution in [0.5, 0.6) is 11.5 Å². The Morgan fingerprint density at radius 3 is 2.47 bits per heavy atom. The van der Waals surface area contributed by atoms with Gasteiger partial charge in [0.1, 0.15) is 5.58 Å². The number of morpholine rings is 1. The van der Waals surface area contributed by atoms with Crippen molar-refractivity contribution >= 4 is 16.9 Å². The zero-order valence-electron chi connectivity index (χ0n) is 19.6. The van der Waals surface area contributed by atoms with Crippen molar-refractivity contribution in [2.24, 2.45) is 0 Å². The van der Waals surface area contributed by atoms with Crippen molar-refractivity contribution in [1.29, 1.82) is 0 Å².